The van der Waals surface area contributed by atoms with Crippen molar-refractivity contribution in [3.63, 3.8) is 0 Å². The summed E-state index contributed by atoms with van der Waals surface area (Å²) in [6.45, 7) is 0. The van der Waals surface area contributed by atoms with E-state index in [0.717, 1.165) is 11.0 Å². The minimum atomic E-state index is 0.218. The Bertz CT molecular complexity index is 373. The SMILES string of the molecule is [As]CC(c1ccccc1)c1nn[nH]n1. The van der Waals surface area contributed by atoms with Crippen LogP contribution in [0.5, 0.6) is 0 Å². The van der Waals surface area contributed by atoms with Crippen molar-refractivity contribution in [2.24, 2.45) is 0 Å². The van der Waals surface area contributed by atoms with Crippen LogP contribution in [-0.2, 0) is 0 Å². The summed E-state index contributed by atoms with van der Waals surface area (Å²) in [6, 6.07) is 10.2. The summed E-state index contributed by atoms with van der Waals surface area (Å²) in [5, 5.41) is 15.0. The van der Waals surface area contributed by atoms with Crippen LogP contribution in [0, 0.1) is 0 Å². The fourth-order valence-corrected chi connectivity index (χ4v) is 2.12. The van der Waals surface area contributed by atoms with E-state index >= 15 is 0 Å². The van der Waals surface area contributed by atoms with Crippen LogP contribution in [0.3, 0.4) is 0 Å². The van der Waals surface area contributed by atoms with Gasteiger partial charge in [0.1, 0.15) is 0 Å². The minimum absolute atomic E-state index is 0.218. The molecule has 2 rings (SSSR count). The number of aromatic amines is 1. The molecule has 70 valence electrons. The number of rotatable bonds is 3. The van der Waals surface area contributed by atoms with E-state index in [1.54, 1.807) is 0 Å². The summed E-state index contributed by atoms with van der Waals surface area (Å²) < 4.78 is 0. The Balaban J connectivity index is 2.31. The third-order valence-corrected chi connectivity index (χ3v) is 2.82. The molecule has 0 aliphatic heterocycles. The van der Waals surface area contributed by atoms with Crippen LogP contribution in [0.2, 0.25) is 5.21 Å². The van der Waals surface area contributed by atoms with Crippen LogP contribution < -0.4 is 0 Å². The zero-order chi connectivity index (χ0) is 9.80. The predicted molar refractivity (Wildman–Crippen MR) is 53.0 cm³/mol. The Morgan fingerprint density at radius 2 is 2.07 bits per heavy atom. The van der Waals surface area contributed by atoms with Crippen LogP contribution in [-0.4, -0.2) is 37.5 Å². The van der Waals surface area contributed by atoms with Crippen molar-refractivity contribution >= 4 is 16.9 Å². The maximum atomic E-state index is 4.01. The second kappa shape index (κ2) is 4.38. The third kappa shape index (κ3) is 1.85. The molecule has 4 nitrogen and oxygen atoms in total. The van der Waals surface area contributed by atoms with Gasteiger partial charge in [-0.1, -0.05) is 0 Å². The molecule has 0 fully saturated rings. The fraction of sp³-hybridized carbons (Fsp3) is 0.222. The zero-order valence-corrected chi connectivity index (χ0v) is 9.34. The van der Waals surface area contributed by atoms with Crippen LogP contribution >= 0.6 is 0 Å². The number of nitrogens with zero attached hydrogens (tertiary/aromatic N) is 3. The summed E-state index contributed by atoms with van der Waals surface area (Å²) in [5.74, 6) is 0.965. The Kier molecular flexibility index (Phi) is 2.94. The van der Waals surface area contributed by atoms with Gasteiger partial charge in [0.05, 0.1) is 0 Å². The Morgan fingerprint density at radius 3 is 2.64 bits per heavy atom. The molecule has 1 heterocycles. The van der Waals surface area contributed by atoms with Crippen molar-refractivity contribution in [1.82, 2.24) is 20.6 Å². The molecule has 1 unspecified atom stereocenters. The number of tetrazole rings is 1. The van der Waals surface area contributed by atoms with E-state index in [1.807, 2.05) is 18.2 Å². The molecule has 5 heteroatoms. The molecular weight excluding hydrogens is 239 g/mol. The van der Waals surface area contributed by atoms with Crippen molar-refractivity contribution in [2.45, 2.75) is 11.1 Å². The van der Waals surface area contributed by atoms with Gasteiger partial charge in [0.2, 0.25) is 0 Å². The second-order valence-electron chi connectivity index (χ2n) is 2.92. The molecule has 0 aliphatic carbocycles. The first-order valence-electron chi connectivity index (χ1n) is 4.31. The van der Waals surface area contributed by atoms with E-state index in [-0.39, 0.29) is 5.92 Å². The molecule has 1 aromatic heterocycles. The molecular formula is C9H9AsN4. The first kappa shape index (κ1) is 9.41. The Morgan fingerprint density at radius 1 is 1.29 bits per heavy atom. The molecule has 0 spiro atoms. The van der Waals surface area contributed by atoms with E-state index in [2.05, 4.69) is 49.6 Å². The maximum absolute atomic E-state index is 4.01. The number of benzene rings is 1. The predicted octanol–water partition coefficient (Wildman–Crippen LogP) is 0.918. The van der Waals surface area contributed by atoms with Crippen LogP contribution in [0.15, 0.2) is 30.3 Å². The van der Waals surface area contributed by atoms with Crippen LogP contribution in [0.25, 0.3) is 0 Å². The quantitative estimate of drug-likeness (QED) is 0.821. The normalized spacial score (nSPS) is 12.6. The van der Waals surface area contributed by atoms with Gasteiger partial charge >= 0.3 is 90.3 Å². The summed E-state index contributed by atoms with van der Waals surface area (Å²) in [7, 11) is 0. The third-order valence-electron chi connectivity index (χ3n) is 2.06. The number of hydrogen-bond donors (Lipinski definition) is 1. The van der Waals surface area contributed by atoms with Gasteiger partial charge < -0.3 is 0 Å². The summed E-state index contributed by atoms with van der Waals surface area (Å²) in [4.78, 5) is 0. The molecule has 0 saturated carbocycles. The molecule has 0 aliphatic rings. The van der Waals surface area contributed by atoms with Gasteiger partial charge in [-0.3, -0.25) is 0 Å². The number of H-pyrrole nitrogens is 1. The van der Waals surface area contributed by atoms with E-state index in [0.29, 0.717) is 0 Å². The first-order valence-corrected chi connectivity index (χ1v) is 5.63. The first-order chi connectivity index (χ1) is 6.92. The van der Waals surface area contributed by atoms with Crippen molar-refractivity contribution in [3.8, 4) is 0 Å². The topological polar surface area (TPSA) is 54.5 Å². The molecule has 1 aromatic carbocycles. The van der Waals surface area contributed by atoms with Gasteiger partial charge in [0.15, 0.2) is 0 Å². The Labute approximate surface area is 90.6 Å². The molecule has 2 aromatic rings. The van der Waals surface area contributed by atoms with Gasteiger partial charge in [-0.2, -0.15) is 0 Å². The van der Waals surface area contributed by atoms with Crippen molar-refractivity contribution in [2.75, 3.05) is 0 Å². The van der Waals surface area contributed by atoms with Crippen molar-refractivity contribution in [1.29, 1.82) is 0 Å². The monoisotopic (exact) mass is 248 g/mol. The standard InChI is InChI=1S/C9H9AsN4/c10-6-8(9-11-13-14-12-9)7-4-2-1-3-5-7/h1-5,8H,6H2,(H,11,12,13,14). The van der Waals surface area contributed by atoms with E-state index in [4.69, 9.17) is 0 Å². The van der Waals surface area contributed by atoms with Crippen LogP contribution in [0.1, 0.15) is 17.3 Å². The fourth-order valence-electron chi connectivity index (χ4n) is 1.34. The molecule has 1 N–H and O–H groups in total. The van der Waals surface area contributed by atoms with Gasteiger partial charge in [-0.15, -0.1) is 0 Å². The van der Waals surface area contributed by atoms with Gasteiger partial charge in [-0.25, -0.2) is 0 Å². The van der Waals surface area contributed by atoms with E-state index < -0.39 is 0 Å². The van der Waals surface area contributed by atoms with Gasteiger partial charge in [0, 0.05) is 0 Å². The summed E-state index contributed by atoms with van der Waals surface area (Å²) >= 11 is 2.56. The van der Waals surface area contributed by atoms with Gasteiger partial charge in [0.25, 0.3) is 0 Å². The molecule has 0 saturated heterocycles. The summed E-state index contributed by atoms with van der Waals surface area (Å²) in [6.07, 6.45) is 0. The Hall–Kier alpha value is -1.15. The zero-order valence-electron chi connectivity index (χ0n) is 7.46. The van der Waals surface area contributed by atoms with Crippen LogP contribution in [0.4, 0.5) is 0 Å². The average Bonchev–Trinajstić information content (AvgIpc) is 2.74. The number of nitrogens with one attached hydrogen (secondary N) is 1. The summed E-state index contributed by atoms with van der Waals surface area (Å²) in [5.41, 5.74) is 1.22. The number of hydrogen-bond acceptors (Lipinski definition) is 3. The second-order valence-corrected chi connectivity index (χ2v) is 3.68. The van der Waals surface area contributed by atoms with Crippen molar-refractivity contribution < 1.29 is 0 Å². The average molecular weight is 248 g/mol. The van der Waals surface area contributed by atoms with E-state index in [1.165, 1.54) is 5.56 Å². The van der Waals surface area contributed by atoms with E-state index in [9.17, 15) is 0 Å². The van der Waals surface area contributed by atoms with Gasteiger partial charge in [-0.05, 0) is 0 Å². The number of aromatic nitrogens is 4. The molecule has 14 heavy (non-hydrogen) atoms. The molecule has 0 amide bonds. The molecule has 2 radical (unpaired) electrons. The van der Waals surface area contributed by atoms with Crippen molar-refractivity contribution in [3.05, 3.63) is 41.7 Å². The molecule has 1 atom stereocenters. The molecule has 0 bridgehead atoms.